The fourth-order valence-corrected chi connectivity index (χ4v) is 3.40. The summed E-state index contributed by atoms with van der Waals surface area (Å²) < 4.78 is 1.94. The fraction of sp³-hybridized carbons (Fsp3) is 0.429. The highest BCUT2D eigenvalue weighted by Crippen LogP contribution is 2.40. The molecular weight excluding hydrogens is 354 g/mol. The molecule has 0 radical (unpaired) electrons. The van der Waals surface area contributed by atoms with Gasteiger partial charge < -0.3 is 10.4 Å². The Labute approximate surface area is 163 Å². The number of fused-ring (bicyclic) bond motifs is 1. The lowest BCUT2D eigenvalue weighted by Crippen LogP contribution is -2.21. The summed E-state index contributed by atoms with van der Waals surface area (Å²) in [5.74, 6) is 0.706. The molecule has 7 heteroatoms. The van der Waals surface area contributed by atoms with E-state index in [9.17, 15) is 4.79 Å². The summed E-state index contributed by atoms with van der Waals surface area (Å²) in [5, 5.41) is 15.4. The van der Waals surface area contributed by atoms with Gasteiger partial charge in [-0.05, 0) is 49.3 Å². The molecule has 0 atom stereocenters. The molecule has 1 amide bonds. The molecule has 2 N–H and O–H groups in total. The van der Waals surface area contributed by atoms with Crippen LogP contribution in [0.5, 0.6) is 0 Å². The van der Waals surface area contributed by atoms with Crippen molar-refractivity contribution in [2.75, 3.05) is 6.54 Å². The maximum absolute atomic E-state index is 10.4. The van der Waals surface area contributed by atoms with Gasteiger partial charge in [-0.15, -0.1) is 0 Å². The quantitative estimate of drug-likeness (QED) is 0.544. The third-order valence-corrected chi connectivity index (χ3v) is 5.13. The first-order valence-corrected chi connectivity index (χ1v) is 9.95. The molecular formula is C21H25N5O2. The first kappa shape index (κ1) is 18.4. The second-order valence-corrected chi connectivity index (χ2v) is 7.42. The van der Waals surface area contributed by atoms with E-state index in [4.69, 9.17) is 10.1 Å². The number of unbranched alkanes of at least 4 members (excludes halogenated alkanes) is 3. The van der Waals surface area contributed by atoms with Gasteiger partial charge in [0.1, 0.15) is 0 Å². The Morgan fingerprint density at radius 3 is 2.82 bits per heavy atom. The van der Waals surface area contributed by atoms with Crippen molar-refractivity contribution in [2.24, 2.45) is 0 Å². The minimum Gasteiger partial charge on any atom is -0.465 e. The summed E-state index contributed by atoms with van der Waals surface area (Å²) in [6, 6.07) is 6.41. The normalized spacial score (nSPS) is 13.7. The molecule has 1 aromatic carbocycles. The van der Waals surface area contributed by atoms with E-state index in [0.29, 0.717) is 12.5 Å². The second kappa shape index (κ2) is 8.37. The zero-order valence-corrected chi connectivity index (χ0v) is 15.8. The Morgan fingerprint density at radius 1 is 1.14 bits per heavy atom. The van der Waals surface area contributed by atoms with Crippen LogP contribution < -0.4 is 5.32 Å². The van der Waals surface area contributed by atoms with E-state index in [-0.39, 0.29) is 0 Å². The molecule has 146 valence electrons. The Kier molecular flexibility index (Phi) is 5.50. The van der Waals surface area contributed by atoms with Crippen molar-refractivity contribution in [2.45, 2.75) is 51.0 Å². The Hall–Kier alpha value is -2.96. The van der Waals surface area contributed by atoms with Gasteiger partial charge in [0.05, 0.1) is 29.1 Å². The van der Waals surface area contributed by atoms with Crippen molar-refractivity contribution < 1.29 is 9.90 Å². The third-order valence-electron chi connectivity index (χ3n) is 5.13. The molecule has 2 aromatic heterocycles. The summed E-state index contributed by atoms with van der Waals surface area (Å²) in [5.41, 5.74) is 5.08. The summed E-state index contributed by atoms with van der Waals surface area (Å²) >= 11 is 0. The molecule has 28 heavy (non-hydrogen) atoms. The van der Waals surface area contributed by atoms with Gasteiger partial charge in [0.15, 0.2) is 0 Å². The van der Waals surface area contributed by atoms with Gasteiger partial charge in [-0.1, -0.05) is 18.9 Å². The van der Waals surface area contributed by atoms with Crippen molar-refractivity contribution in [3.8, 4) is 11.3 Å². The van der Waals surface area contributed by atoms with Crippen molar-refractivity contribution in [3.05, 3.63) is 42.4 Å². The van der Waals surface area contributed by atoms with Gasteiger partial charge >= 0.3 is 6.09 Å². The topological polar surface area (TPSA) is 92.9 Å². The summed E-state index contributed by atoms with van der Waals surface area (Å²) in [6.45, 7) is 1.36. The summed E-state index contributed by atoms with van der Waals surface area (Å²) in [7, 11) is 0. The highest BCUT2D eigenvalue weighted by atomic mass is 16.4. The molecule has 7 nitrogen and oxygen atoms in total. The number of nitrogens with one attached hydrogen (secondary N) is 1. The lowest BCUT2D eigenvalue weighted by atomic mass is 10.1. The molecule has 0 bridgehead atoms. The van der Waals surface area contributed by atoms with E-state index in [1.807, 2.05) is 23.3 Å². The van der Waals surface area contributed by atoms with Gasteiger partial charge in [-0.2, -0.15) is 5.10 Å². The average molecular weight is 379 g/mol. The first-order valence-electron chi connectivity index (χ1n) is 9.95. The van der Waals surface area contributed by atoms with Crippen LogP contribution in [0.1, 0.15) is 50.0 Å². The van der Waals surface area contributed by atoms with Gasteiger partial charge in [-0.25, -0.2) is 9.78 Å². The number of hydrogen-bond acceptors (Lipinski definition) is 4. The van der Waals surface area contributed by atoms with Crippen LogP contribution in [0.15, 0.2) is 36.8 Å². The molecule has 1 aliphatic rings. The molecule has 1 saturated carbocycles. The highest BCUT2D eigenvalue weighted by molar-refractivity contribution is 5.77. The number of amides is 1. The van der Waals surface area contributed by atoms with E-state index in [0.717, 1.165) is 54.5 Å². The van der Waals surface area contributed by atoms with Gasteiger partial charge in [0.2, 0.25) is 0 Å². The number of carboxylic acid groups (broad SMARTS) is 1. The largest absolute Gasteiger partial charge is 0.465 e. The predicted molar refractivity (Wildman–Crippen MR) is 107 cm³/mol. The second-order valence-electron chi connectivity index (χ2n) is 7.42. The standard InChI is InChI=1S/C21H25N5O2/c27-21(28)22-9-3-1-2-4-10-26-14-17(12-24-26)20-13-23-18-8-7-16(15-5-6-15)11-19(18)25-20/h7-8,11-15,22H,1-6,9-10H2,(H,27,28). The molecule has 0 saturated heterocycles. The van der Waals surface area contributed by atoms with E-state index in [1.165, 1.54) is 18.4 Å². The molecule has 3 aromatic rings. The average Bonchev–Trinajstić information content (AvgIpc) is 3.44. The van der Waals surface area contributed by atoms with Crippen LogP contribution in [0.4, 0.5) is 4.79 Å². The van der Waals surface area contributed by atoms with Gasteiger partial charge in [-0.3, -0.25) is 9.67 Å². The molecule has 2 heterocycles. The van der Waals surface area contributed by atoms with Crippen LogP contribution in [0.2, 0.25) is 0 Å². The van der Waals surface area contributed by atoms with Crippen molar-refractivity contribution in [1.29, 1.82) is 0 Å². The molecule has 0 spiro atoms. The van der Waals surface area contributed by atoms with E-state index in [2.05, 4.69) is 33.6 Å². The third kappa shape index (κ3) is 4.65. The van der Waals surface area contributed by atoms with E-state index < -0.39 is 6.09 Å². The number of rotatable bonds is 9. The summed E-state index contributed by atoms with van der Waals surface area (Å²) in [6.07, 6.45) is 11.2. The number of hydrogen-bond donors (Lipinski definition) is 2. The first-order chi connectivity index (χ1) is 13.7. The molecule has 0 aliphatic heterocycles. The van der Waals surface area contributed by atoms with Crippen LogP contribution in [0, 0.1) is 0 Å². The van der Waals surface area contributed by atoms with Gasteiger partial charge in [0, 0.05) is 24.8 Å². The van der Waals surface area contributed by atoms with E-state index in [1.54, 1.807) is 0 Å². The lowest BCUT2D eigenvalue weighted by Gasteiger charge is -2.04. The zero-order chi connectivity index (χ0) is 19.3. The maximum Gasteiger partial charge on any atom is 0.404 e. The Balaban J connectivity index is 1.32. The number of nitrogens with zero attached hydrogens (tertiary/aromatic N) is 4. The van der Waals surface area contributed by atoms with Crippen LogP contribution in [-0.4, -0.2) is 37.5 Å². The van der Waals surface area contributed by atoms with E-state index >= 15 is 0 Å². The minimum absolute atomic E-state index is 0.518. The maximum atomic E-state index is 10.4. The van der Waals surface area contributed by atoms with Crippen LogP contribution in [0.3, 0.4) is 0 Å². The monoisotopic (exact) mass is 379 g/mol. The number of aryl methyl sites for hydroxylation is 1. The molecule has 0 unspecified atom stereocenters. The van der Waals surface area contributed by atoms with Crippen molar-refractivity contribution in [1.82, 2.24) is 25.1 Å². The number of aromatic nitrogens is 4. The minimum atomic E-state index is -0.954. The molecule has 4 rings (SSSR count). The Bertz CT molecular complexity index is 964. The number of carbonyl (C=O) groups is 1. The SMILES string of the molecule is O=C(O)NCCCCCCn1cc(-c2cnc3ccc(C4CC4)cc3n2)cn1. The van der Waals surface area contributed by atoms with Crippen LogP contribution in [0.25, 0.3) is 22.3 Å². The van der Waals surface area contributed by atoms with Crippen molar-refractivity contribution >= 4 is 17.1 Å². The van der Waals surface area contributed by atoms with Crippen LogP contribution >= 0.6 is 0 Å². The van der Waals surface area contributed by atoms with Gasteiger partial charge in [0.25, 0.3) is 0 Å². The highest BCUT2D eigenvalue weighted by Gasteiger charge is 2.23. The predicted octanol–water partition coefficient (Wildman–Crippen LogP) is 4.20. The molecule has 1 fully saturated rings. The lowest BCUT2D eigenvalue weighted by molar-refractivity contribution is 0.194. The smallest absolute Gasteiger partial charge is 0.404 e. The number of benzene rings is 1. The Morgan fingerprint density at radius 2 is 2.00 bits per heavy atom. The molecule has 1 aliphatic carbocycles. The summed E-state index contributed by atoms with van der Waals surface area (Å²) in [4.78, 5) is 19.7. The fourth-order valence-electron chi connectivity index (χ4n) is 3.40. The van der Waals surface area contributed by atoms with Crippen LogP contribution in [-0.2, 0) is 6.54 Å². The zero-order valence-electron chi connectivity index (χ0n) is 15.8. The van der Waals surface area contributed by atoms with Crippen molar-refractivity contribution in [3.63, 3.8) is 0 Å².